The predicted molar refractivity (Wildman–Crippen MR) is 146 cm³/mol. The second-order valence-corrected chi connectivity index (χ2v) is 11.5. The molecule has 0 aliphatic heterocycles. The molecule has 0 bridgehead atoms. The normalized spacial score (nSPS) is 12.7. The molecule has 0 heterocycles. The molecule has 1 unspecified atom stereocenters. The minimum absolute atomic E-state index is 0.0176. The number of ether oxygens (including phenoxy) is 1. The topological polar surface area (TPSA) is 21.6 Å². The van der Waals surface area contributed by atoms with Crippen LogP contribution in [0.3, 0.4) is 0 Å². The maximum absolute atomic E-state index is 6.43. The summed E-state index contributed by atoms with van der Waals surface area (Å²) in [7, 11) is 0.628. The van der Waals surface area contributed by atoms with Crippen LogP contribution in [-0.4, -0.2) is 11.8 Å². The quantitative estimate of drug-likeness (QED) is 0.236. The first-order valence-electron chi connectivity index (χ1n) is 12.0. The first-order valence-corrected chi connectivity index (χ1v) is 13.0. The Bertz CT molecular complexity index is 1060. The summed E-state index contributed by atoms with van der Waals surface area (Å²) in [5, 5.41) is 1.38. The lowest BCUT2D eigenvalue weighted by atomic mass is 9.90. The number of nitrogens with zero attached hydrogens (tertiary/aromatic N) is 1. The molecule has 0 saturated carbocycles. The highest BCUT2D eigenvalue weighted by molar-refractivity contribution is 7.48. The summed E-state index contributed by atoms with van der Waals surface area (Å²) in [6.07, 6.45) is 4.16. The van der Waals surface area contributed by atoms with Crippen molar-refractivity contribution in [2.75, 3.05) is 0 Å². The number of hydrogen-bond acceptors (Lipinski definition) is 2. The number of rotatable bonds is 9. The minimum Gasteiger partial charge on any atom is -0.489 e. The molecule has 174 valence electrons. The first-order chi connectivity index (χ1) is 15.8. The Kier molecular flexibility index (Phi) is 8.49. The third kappa shape index (κ3) is 6.78. The minimum atomic E-state index is -0.0855. The third-order valence-corrected chi connectivity index (χ3v) is 8.20. The maximum Gasteiger partial charge on any atom is 0.123 e. The molecule has 3 aromatic carbocycles. The monoisotopic (exact) mass is 459 g/mol. The molecule has 3 heteroatoms. The van der Waals surface area contributed by atoms with E-state index in [0.29, 0.717) is 15.2 Å². The molecule has 0 aliphatic carbocycles. The summed E-state index contributed by atoms with van der Waals surface area (Å²) in [6, 6.07) is 25.8. The zero-order valence-corrected chi connectivity index (χ0v) is 22.0. The van der Waals surface area contributed by atoms with Crippen LogP contribution >= 0.6 is 8.58 Å². The van der Waals surface area contributed by atoms with Crippen molar-refractivity contribution in [3.63, 3.8) is 0 Å². The Morgan fingerprint density at radius 1 is 0.879 bits per heavy atom. The highest BCUT2D eigenvalue weighted by Crippen LogP contribution is 2.50. The SMILES string of the molecule is CCC(CC)(Pc1ccccc1C=NC(C)(C)C)c1cc(C)ccc1OCc1ccccc1. The molecular formula is C30H38NOP. The van der Waals surface area contributed by atoms with E-state index >= 15 is 0 Å². The summed E-state index contributed by atoms with van der Waals surface area (Å²) in [5.74, 6) is 1.00. The molecule has 0 fully saturated rings. The van der Waals surface area contributed by atoms with Gasteiger partial charge in [0, 0.05) is 16.9 Å². The van der Waals surface area contributed by atoms with Crippen LogP contribution in [-0.2, 0) is 11.8 Å². The zero-order valence-electron chi connectivity index (χ0n) is 21.0. The molecule has 1 atom stereocenters. The molecular weight excluding hydrogens is 421 g/mol. The fourth-order valence-electron chi connectivity index (χ4n) is 4.00. The lowest BCUT2D eigenvalue weighted by Crippen LogP contribution is -2.24. The van der Waals surface area contributed by atoms with Gasteiger partial charge in [0.2, 0.25) is 0 Å². The van der Waals surface area contributed by atoms with Gasteiger partial charge >= 0.3 is 0 Å². The van der Waals surface area contributed by atoms with Gasteiger partial charge in [-0.25, -0.2) is 0 Å². The Morgan fingerprint density at radius 3 is 2.21 bits per heavy atom. The van der Waals surface area contributed by atoms with Crippen LogP contribution in [0.1, 0.15) is 69.7 Å². The molecule has 3 rings (SSSR count). The van der Waals surface area contributed by atoms with E-state index in [-0.39, 0.29) is 10.7 Å². The average molecular weight is 460 g/mol. The third-order valence-electron chi connectivity index (χ3n) is 6.02. The van der Waals surface area contributed by atoms with E-state index in [9.17, 15) is 0 Å². The molecule has 0 amide bonds. The molecule has 0 N–H and O–H groups in total. The Hall–Kier alpha value is -2.44. The van der Waals surface area contributed by atoms with Crippen molar-refractivity contribution in [2.24, 2.45) is 4.99 Å². The van der Waals surface area contributed by atoms with E-state index in [0.717, 1.165) is 18.6 Å². The molecule has 0 aliphatic rings. The predicted octanol–water partition coefficient (Wildman–Crippen LogP) is 7.81. The highest BCUT2D eigenvalue weighted by Gasteiger charge is 2.32. The van der Waals surface area contributed by atoms with Crippen LogP contribution < -0.4 is 10.0 Å². The molecule has 3 aromatic rings. The van der Waals surface area contributed by atoms with Crippen LogP contribution in [0, 0.1) is 6.92 Å². The van der Waals surface area contributed by atoms with E-state index < -0.39 is 0 Å². The molecule has 0 saturated heterocycles. The first kappa shape index (κ1) is 25.2. The molecule has 0 radical (unpaired) electrons. The fraction of sp³-hybridized carbons (Fsp3) is 0.367. The standard InChI is InChI=1S/C30H38NOP/c1-7-30(8-2,33-28-17-13-12-16-25(28)21-31-29(4,5)6)26-20-23(3)18-19-27(26)32-22-24-14-10-9-11-15-24/h9-21,33H,7-8,22H2,1-6H3. The fourth-order valence-corrected chi connectivity index (χ4v) is 5.67. The molecule has 33 heavy (non-hydrogen) atoms. The van der Waals surface area contributed by atoms with Crippen LogP contribution in [0.25, 0.3) is 0 Å². The Labute approximate surface area is 202 Å². The molecule has 2 nitrogen and oxygen atoms in total. The van der Waals surface area contributed by atoms with Crippen LogP contribution in [0.2, 0.25) is 0 Å². The lowest BCUT2D eigenvalue weighted by molar-refractivity contribution is 0.298. The zero-order chi connectivity index (χ0) is 23.9. The van der Waals surface area contributed by atoms with E-state index in [4.69, 9.17) is 9.73 Å². The van der Waals surface area contributed by atoms with Gasteiger partial charge in [-0.05, 0) is 63.0 Å². The maximum atomic E-state index is 6.43. The second-order valence-electron chi connectivity index (χ2n) is 9.70. The Morgan fingerprint density at radius 2 is 1.55 bits per heavy atom. The van der Waals surface area contributed by atoms with Gasteiger partial charge in [0.1, 0.15) is 12.4 Å². The average Bonchev–Trinajstić information content (AvgIpc) is 2.81. The van der Waals surface area contributed by atoms with Crippen molar-refractivity contribution in [2.45, 2.75) is 71.7 Å². The summed E-state index contributed by atoms with van der Waals surface area (Å²) >= 11 is 0. The van der Waals surface area contributed by atoms with Crippen molar-refractivity contribution in [3.05, 3.63) is 95.1 Å². The van der Waals surface area contributed by atoms with Crippen LogP contribution in [0.4, 0.5) is 0 Å². The highest BCUT2D eigenvalue weighted by atomic mass is 31.1. The van der Waals surface area contributed by atoms with Gasteiger partial charge < -0.3 is 4.74 Å². The summed E-state index contributed by atoms with van der Waals surface area (Å²) < 4.78 is 6.43. The van der Waals surface area contributed by atoms with Crippen molar-refractivity contribution in [1.82, 2.24) is 0 Å². The van der Waals surface area contributed by atoms with E-state index in [1.807, 2.05) is 6.07 Å². The van der Waals surface area contributed by atoms with Gasteiger partial charge in [0.05, 0.1) is 5.54 Å². The number of aliphatic imine (C=N–C) groups is 1. The van der Waals surface area contributed by atoms with E-state index in [2.05, 4.69) is 114 Å². The smallest absolute Gasteiger partial charge is 0.123 e. The summed E-state index contributed by atoms with van der Waals surface area (Å²) in [4.78, 5) is 4.79. The van der Waals surface area contributed by atoms with Crippen molar-refractivity contribution < 1.29 is 4.74 Å². The largest absolute Gasteiger partial charge is 0.489 e. The molecule has 0 spiro atoms. The summed E-state index contributed by atoms with van der Waals surface area (Å²) in [5.41, 5.74) is 4.92. The number of hydrogen-bond donors (Lipinski definition) is 0. The van der Waals surface area contributed by atoms with Gasteiger partial charge in [-0.15, -0.1) is 0 Å². The van der Waals surface area contributed by atoms with Gasteiger partial charge in [-0.3, -0.25) is 4.99 Å². The van der Waals surface area contributed by atoms with E-state index in [1.54, 1.807) is 0 Å². The summed E-state index contributed by atoms with van der Waals surface area (Å²) in [6.45, 7) is 13.8. The van der Waals surface area contributed by atoms with Crippen molar-refractivity contribution in [3.8, 4) is 5.75 Å². The van der Waals surface area contributed by atoms with Gasteiger partial charge in [-0.2, -0.15) is 0 Å². The number of aryl methyl sites for hydroxylation is 1. The van der Waals surface area contributed by atoms with Crippen molar-refractivity contribution >= 4 is 20.1 Å². The van der Waals surface area contributed by atoms with Gasteiger partial charge in [0.25, 0.3) is 0 Å². The Balaban J connectivity index is 1.99. The van der Waals surface area contributed by atoms with E-state index in [1.165, 1.54) is 27.6 Å². The number of benzene rings is 3. The van der Waals surface area contributed by atoms with Gasteiger partial charge in [0.15, 0.2) is 0 Å². The van der Waals surface area contributed by atoms with Crippen LogP contribution in [0.5, 0.6) is 5.75 Å². The van der Waals surface area contributed by atoms with Crippen molar-refractivity contribution in [1.29, 1.82) is 0 Å². The van der Waals surface area contributed by atoms with Gasteiger partial charge in [-0.1, -0.05) is 94.7 Å². The lowest BCUT2D eigenvalue weighted by Gasteiger charge is -2.35. The molecule has 0 aromatic heterocycles. The van der Waals surface area contributed by atoms with Crippen LogP contribution in [0.15, 0.2) is 77.8 Å². The second kappa shape index (κ2) is 11.1.